The summed E-state index contributed by atoms with van der Waals surface area (Å²) < 4.78 is 12.0. The highest BCUT2D eigenvalue weighted by molar-refractivity contribution is 6.33. The number of carbonyl (C=O) groups excluding carboxylic acids is 4. The summed E-state index contributed by atoms with van der Waals surface area (Å²) in [6.45, 7) is 7.50. The Bertz CT molecular complexity index is 2400. The maximum Gasteiger partial charge on any atom is 0.326 e. The summed E-state index contributed by atoms with van der Waals surface area (Å²) in [5, 5.41) is 39.9. The molecule has 1 aliphatic heterocycles. The topological polar surface area (TPSA) is 295 Å². The molecule has 0 fully saturated rings. The second kappa shape index (κ2) is 20.7. The number of hydrogen-bond acceptors (Lipinski definition) is 13. The molecule has 0 saturated heterocycles. The average molecular weight is 903 g/mol. The van der Waals surface area contributed by atoms with E-state index in [0.29, 0.717) is 30.5 Å². The van der Waals surface area contributed by atoms with E-state index in [2.05, 4.69) is 20.9 Å². The highest BCUT2D eigenvalue weighted by Crippen LogP contribution is 2.45. The number of rotatable bonds is 14. The smallest absolute Gasteiger partial charge is 0.326 e. The van der Waals surface area contributed by atoms with Crippen LogP contribution in [-0.4, -0.2) is 107 Å². The predicted octanol–water partition coefficient (Wildman–Crippen LogP) is 3.37. The molecule has 4 bridgehead atoms. The van der Waals surface area contributed by atoms with Gasteiger partial charge >= 0.3 is 5.97 Å². The van der Waals surface area contributed by atoms with E-state index in [1.54, 1.807) is 30.3 Å². The number of aromatic nitrogens is 1. The number of aromatic hydroxyl groups is 2. The Kier molecular flexibility index (Phi) is 15.7. The van der Waals surface area contributed by atoms with Gasteiger partial charge in [-0.3, -0.25) is 19.2 Å². The molecule has 3 atom stereocenters. The van der Waals surface area contributed by atoms with Crippen molar-refractivity contribution < 1.29 is 48.8 Å². The molecule has 1 aromatic heterocycles. The van der Waals surface area contributed by atoms with Gasteiger partial charge in [0.2, 0.25) is 17.7 Å². The number of hydrogen-bond donors (Lipinski definition) is 9. The third-order valence-electron chi connectivity index (χ3n) is 10.6. The zero-order valence-corrected chi connectivity index (χ0v) is 37.0. The first kappa shape index (κ1) is 48.4. The molecule has 2 heterocycles. The Morgan fingerprint density at radius 3 is 2.19 bits per heavy atom. The summed E-state index contributed by atoms with van der Waals surface area (Å²) in [6.07, 6.45) is 0.706. The maximum atomic E-state index is 14.4. The summed E-state index contributed by atoms with van der Waals surface area (Å²) in [7, 11) is 1.30. The zero-order chi connectivity index (χ0) is 47.0. The number of nitrogen functional groups attached to an aromatic ring is 1. The van der Waals surface area contributed by atoms with Crippen LogP contribution in [0.1, 0.15) is 73.6 Å². The van der Waals surface area contributed by atoms with Crippen molar-refractivity contribution >= 4 is 46.9 Å². The van der Waals surface area contributed by atoms with Gasteiger partial charge in [-0.25, -0.2) is 9.78 Å². The molecule has 342 valence electrons. The van der Waals surface area contributed by atoms with E-state index < -0.39 is 54.3 Å². The fourth-order valence-electron chi connectivity index (χ4n) is 6.94. The van der Waals surface area contributed by atoms with Gasteiger partial charge < -0.3 is 62.8 Å². The summed E-state index contributed by atoms with van der Waals surface area (Å²) in [5.41, 5.74) is 19.5. The number of nitrogens with one attached hydrogen (secondary N) is 3. The number of fused-ring (bicyclic) bond motifs is 5. The van der Waals surface area contributed by atoms with Crippen LogP contribution in [0, 0.1) is 0 Å². The van der Waals surface area contributed by atoms with Gasteiger partial charge in [0.05, 0.1) is 31.0 Å². The molecule has 0 radical (unpaired) electrons. The molecule has 4 aromatic rings. The number of aliphatic carboxylic acids is 1. The average Bonchev–Trinajstić information content (AvgIpc) is 3.22. The van der Waals surface area contributed by atoms with Gasteiger partial charge in [0.1, 0.15) is 34.8 Å². The van der Waals surface area contributed by atoms with Crippen LogP contribution >= 0.6 is 11.6 Å². The van der Waals surface area contributed by atoms with Crippen LogP contribution in [-0.2, 0) is 31.0 Å². The van der Waals surface area contributed by atoms with E-state index >= 15 is 0 Å². The minimum Gasteiger partial charge on any atom is -0.507 e. The minimum atomic E-state index is -1.55. The first-order valence-corrected chi connectivity index (χ1v) is 21.0. The van der Waals surface area contributed by atoms with Crippen LogP contribution in [0.15, 0.2) is 54.6 Å². The van der Waals surface area contributed by atoms with E-state index in [-0.39, 0.29) is 93.4 Å². The van der Waals surface area contributed by atoms with Gasteiger partial charge in [0, 0.05) is 35.8 Å². The molecule has 0 unspecified atom stereocenters. The minimum absolute atomic E-state index is 0.0637. The Balaban J connectivity index is 1.54. The highest BCUT2D eigenvalue weighted by Gasteiger charge is 2.35. The van der Waals surface area contributed by atoms with Crippen molar-refractivity contribution in [3.63, 3.8) is 0 Å². The van der Waals surface area contributed by atoms with Gasteiger partial charge in [0.25, 0.3) is 5.91 Å². The quantitative estimate of drug-likeness (QED) is 0.0648. The van der Waals surface area contributed by atoms with Gasteiger partial charge in [-0.05, 0) is 97.4 Å². The Hall–Kier alpha value is -6.63. The van der Waals surface area contributed by atoms with Crippen molar-refractivity contribution in [1.82, 2.24) is 25.8 Å². The Morgan fingerprint density at radius 2 is 1.58 bits per heavy atom. The molecule has 18 nitrogen and oxygen atoms in total. The summed E-state index contributed by atoms with van der Waals surface area (Å²) >= 11 is 6.50. The monoisotopic (exact) mass is 902 g/mol. The lowest BCUT2D eigenvalue weighted by Gasteiger charge is -2.30. The fraction of sp³-hybridized carbons (Fsp3) is 0.378. The van der Waals surface area contributed by atoms with Gasteiger partial charge in [-0.1, -0.05) is 44.5 Å². The van der Waals surface area contributed by atoms with Crippen LogP contribution in [0.4, 0.5) is 5.69 Å². The number of amides is 4. The molecule has 0 saturated carbocycles. The number of benzene rings is 3. The fourth-order valence-corrected chi connectivity index (χ4v) is 7.22. The number of likely N-dealkylation sites (N-methyl/N-ethyl adjacent to an activating group) is 1. The number of nitrogens with zero attached hydrogens (tertiary/aromatic N) is 2. The van der Waals surface area contributed by atoms with Crippen LogP contribution < -0.4 is 42.6 Å². The lowest BCUT2D eigenvalue weighted by atomic mass is 9.86. The van der Waals surface area contributed by atoms with E-state index in [9.17, 15) is 39.3 Å². The number of ether oxygens (including phenoxy) is 2. The second-order valence-electron chi connectivity index (χ2n) is 16.4. The molecule has 0 spiro atoms. The van der Waals surface area contributed by atoms with E-state index in [1.165, 1.54) is 32.2 Å². The van der Waals surface area contributed by atoms with Crippen LogP contribution in [0.5, 0.6) is 23.0 Å². The third-order valence-corrected chi connectivity index (χ3v) is 10.8. The van der Waals surface area contributed by atoms with Crippen molar-refractivity contribution in [2.45, 2.75) is 70.5 Å². The third kappa shape index (κ3) is 11.3. The molecular formula is C45H55ClN8O10. The molecule has 3 aromatic carbocycles. The summed E-state index contributed by atoms with van der Waals surface area (Å²) in [4.78, 5) is 73.1. The van der Waals surface area contributed by atoms with Crippen LogP contribution in [0.25, 0.3) is 22.4 Å². The second-order valence-corrected chi connectivity index (χ2v) is 16.8. The van der Waals surface area contributed by atoms with Crippen LogP contribution in [0.2, 0.25) is 5.15 Å². The van der Waals surface area contributed by atoms with Gasteiger partial charge in [0.15, 0.2) is 11.5 Å². The molecular weight excluding hydrogens is 848 g/mol. The SMILES string of the molecule is C[C@@H]1NC(=O)[C@@H](N(C)C(=O)CNC(=O)c2c(N)cc(-c3ccc(C(C)(C)C)cc3O)nc2Cl)c2cc(OCCCN)c(O)c(c2)-c2cc(ccc2OCCCN)C[C@@H](C(=O)O)NC1=O. The van der Waals surface area contributed by atoms with Crippen LogP contribution in [0.3, 0.4) is 0 Å². The number of phenolic OH excluding ortho intramolecular Hbond substituents is 2. The summed E-state index contributed by atoms with van der Waals surface area (Å²) in [6, 6.07) is 9.87. The van der Waals surface area contributed by atoms with Crippen molar-refractivity contribution in [3.8, 4) is 45.4 Å². The molecule has 64 heavy (non-hydrogen) atoms. The van der Waals surface area contributed by atoms with Crippen molar-refractivity contribution in [2.24, 2.45) is 11.5 Å². The van der Waals surface area contributed by atoms with Gasteiger partial charge in [-0.2, -0.15) is 0 Å². The number of nitrogens with two attached hydrogens (primary N) is 3. The number of carboxylic acid groups (broad SMARTS) is 1. The molecule has 5 rings (SSSR count). The van der Waals surface area contributed by atoms with Crippen molar-refractivity contribution in [1.29, 1.82) is 0 Å². The van der Waals surface area contributed by atoms with Crippen molar-refractivity contribution in [3.05, 3.63) is 82.0 Å². The van der Waals surface area contributed by atoms with Crippen molar-refractivity contribution in [2.75, 3.05) is 45.6 Å². The lowest BCUT2D eigenvalue weighted by molar-refractivity contribution is -0.142. The lowest BCUT2D eigenvalue weighted by Crippen LogP contribution is -2.53. The molecule has 19 heteroatoms. The van der Waals surface area contributed by atoms with E-state index in [4.69, 9.17) is 38.3 Å². The molecule has 1 aliphatic rings. The number of phenols is 2. The van der Waals surface area contributed by atoms with E-state index in [1.807, 2.05) is 26.8 Å². The predicted molar refractivity (Wildman–Crippen MR) is 240 cm³/mol. The number of pyridine rings is 1. The standard InChI is InChI=1S/C45H55ClN8O10/c1-23-41(58)53-32(44(61)62)17-24-8-11-34(63-14-6-12-47)28(16-24)29-18-25(19-35(39(29)57)64-15-7-13-48)38(43(60)51-23)54(5)36(56)22-50-42(59)37-30(49)21-31(52-40(37)46)27-10-9-26(20-33(27)55)45(2,3)4/h8-11,16,18-21,23,32,38,55,57H,6-7,12-15,17,22,47-48H2,1-5H3,(H2,49,52)(H,50,59)(H,51,60)(H,53,58)(H,61,62)/t23-,32-,38-/m0/s1. The maximum absolute atomic E-state index is 14.4. The number of carboxylic acids is 1. The molecule has 4 amide bonds. The highest BCUT2D eigenvalue weighted by atomic mass is 35.5. The number of halogens is 1. The molecule has 12 N–H and O–H groups in total. The normalized spacial score (nSPS) is 16.5. The Morgan fingerprint density at radius 1 is 0.906 bits per heavy atom. The number of carbonyl (C=O) groups is 5. The Labute approximate surface area is 375 Å². The van der Waals surface area contributed by atoms with E-state index in [0.717, 1.165) is 10.5 Å². The zero-order valence-electron chi connectivity index (χ0n) is 36.3. The first-order valence-electron chi connectivity index (χ1n) is 20.6. The molecule has 0 aliphatic carbocycles. The van der Waals surface area contributed by atoms with Gasteiger partial charge in [-0.15, -0.1) is 0 Å². The first-order chi connectivity index (χ1) is 30.2. The number of anilines is 1. The largest absolute Gasteiger partial charge is 0.507 e. The summed E-state index contributed by atoms with van der Waals surface area (Å²) in [5.74, 6) is -4.91.